The van der Waals surface area contributed by atoms with E-state index in [9.17, 15) is 4.79 Å². The molecule has 1 amide bonds. The van der Waals surface area contributed by atoms with Crippen LogP contribution in [0.4, 0.5) is 0 Å². The Morgan fingerprint density at radius 2 is 2.17 bits per heavy atom. The van der Waals surface area contributed by atoms with Gasteiger partial charge in [0.05, 0.1) is 6.04 Å². The highest BCUT2D eigenvalue weighted by atomic mass is 16.2. The molecule has 0 aromatic heterocycles. The smallest absolute Gasteiger partial charge is 0.236 e. The van der Waals surface area contributed by atoms with Gasteiger partial charge in [0.1, 0.15) is 0 Å². The summed E-state index contributed by atoms with van der Waals surface area (Å²) >= 11 is 0. The van der Waals surface area contributed by atoms with Crippen molar-refractivity contribution in [1.82, 2.24) is 15.5 Å². The molecule has 0 saturated carbocycles. The molecule has 1 saturated heterocycles. The molecule has 2 N–H and O–H groups in total. The number of carbonyl (C=O) groups excluding carboxylic acids is 1. The average molecular weight is 255 g/mol. The van der Waals surface area contributed by atoms with Gasteiger partial charge in [-0.3, -0.25) is 4.79 Å². The SMILES string of the molecule is CCCN1CCCC(C(C)NC(C)C(=O)NC)C1. The van der Waals surface area contributed by atoms with E-state index in [4.69, 9.17) is 0 Å². The van der Waals surface area contributed by atoms with Gasteiger partial charge in [-0.2, -0.15) is 0 Å². The molecule has 1 rings (SSSR count). The number of amides is 1. The van der Waals surface area contributed by atoms with E-state index in [0.29, 0.717) is 12.0 Å². The van der Waals surface area contributed by atoms with Crippen molar-refractivity contribution in [2.24, 2.45) is 5.92 Å². The Labute approximate surface area is 111 Å². The Balaban J connectivity index is 2.40. The molecular weight excluding hydrogens is 226 g/mol. The molecule has 0 bridgehead atoms. The molecule has 0 radical (unpaired) electrons. The lowest BCUT2D eigenvalue weighted by Crippen LogP contribution is -2.50. The molecule has 18 heavy (non-hydrogen) atoms. The lowest BCUT2D eigenvalue weighted by Gasteiger charge is -2.36. The summed E-state index contributed by atoms with van der Waals surface area (Å²) in [5, 5.41) is 6.11. The highest BCUT2D eigenvalue weighted by Gasteiger charge is 2.26. The van der Waals surface area contributed by atoms with Crippen molar-refractivity contribution in [3.05, 3.63) is 0 Å². The topological polar surface area (TPSA) is 44.4 Å². The minimum absolute atomic E-state index is 0.0723. The van der Waals surface area contributed by atoms with Crippen LogP contribution in [0, 0.1) is 5.92 Å². The number of hydrogen-bond donors (Lipinski definition) is 2. The van der Waals surface area contributed by atoms with Crippen LogP contribution < -0.4 is 10.6 Å². The van der Waals surface area contributed by atoms with E-state index >= 15 is 0 Å². The van der Waals surface area contributed by atoms with E-state index in [-0.39, 0.29) is 11.9 Å². The van der Waals surface area contributed by atoms with Crippen LogP contribution >= 0.6 is 0 Å². The third-order valence-electron chi connectivity index (χ3n) is 3.94. The fourth-order valence-electron chi connectivity index (χ4n) is 2.84. The van der Waals surface area contributed by atoms with Crippen molar-refractivity contribution in [3.8, 4) is 0 Å². The normalized spacial score (nSPS) is 24.6. The van der Waals surface area contributed by atoms with Gasteiger partial charge in [0.15, 0.2) is 0 Å². The zero-order valence-electron chi connectivity index (χ0n) is 12.3. The van der Waals surface area contributed by atoms with Gasteiger partial charge in [-0.25, -0.2) is 0 Å². The van der Waals surface area contributed by atoms with Gasteiger partial charge in [0.2, 0.25) is 5.91 Å². The van der Waals surface area contributed by atoms with Gasteiger partial charge in [-0.1, -0.05) is 6.92 Å². The molecule has 1 fully saturated rings. The number of nitrogens with one attached hydrogen (secondary N) is 2. The van der Waals surface area contributed by atoms with Crippen molar-refractivity contribution >= 4 is 5.91 Å². The Kier molecular flexibility index (Phi) is 6.65. The first-order valence-electron chi connectivity index (χ1n) is 7.28. The second-order valence-corrected chi connectivity index (χ2v) is 5.49. The van der Waals surface area contributed by atoms with Crippen LogP contribution in [0.15, 0.2) is 0 Å². The number of likely N-dealkylation sites (tertiary alicyclic amines) is 1. The second-order valence-electron chi connectivity index (χ2n) is 5.49. The lowest BCUT2D eigenvalue weighted by atomic mass is 9.91. The number of piperidine rings is 1. The predicted octanol–water partition coefficient (Wildman–Crippen LogP) is 1.22. The summed E-state index contributed by atoms with van der Waals surface area (Å²) in [4.78, 5) is 14.1. The first-order chi connectivity index (χ1) is 8.58. The zero-order valence-corrected chi connectivity index (χ0v) is 12.3. The maximum Gasteiger partial charge on any atom is 0.236 e. The average Bonchev–Trinajstić information content (AvgIpc) is 2.38. The molecule has 0 spiro atoms. The molecule has 1 aliphatic heterocycles. The molecule has 1 aliphatic rings. The first kappa shape index (κ1) is 15.4. The largest absolute Gasteiger partial charge is 0.358 e. The predicted molar refractivity (Wildman–Crippen MR) is 75.6 cm³/mol. The summed E-state index contributed by atoms with van der Waals surface area (Å²) < 4.78 is 0. The van der Waals surface area contributed by atoms with Crippen LogP contribution in [-0.4, -0.2) is 49.6 Å². The monoisotopic (exact) mass is 255 g/mol. The molecule has 3 unspecified atom stereocenters. The van der Waals surface area contributed by atoms with Crippen LogP contribution in [0.25, 0.3) is 0 Å². The minimum atomic E-state index is -0.105. The highest BCUT2D eigenvalue weighted by Crippen LogP contribution is 2.20. The maximum absolute atomic E-state index is 11.5. The van der Waals surface area contributed by atoms with Crippen molar-refractivity contribution in [2.45, 2.75) is 52.1 Å². The van der Waals surface area contributed by atoms with Gasteiger partial charge < -0.3 is 15.5 Å². The molecule has 106 valence electrons. The number of hydrogen-bond acceptors (Lipinski definition) is 3. The third-order valence-corrected chi connectivity index (χ3v) is 3.94. The molecule has 0 aromatic carbocycles. The van der Waals surface area contributed by atoms with Crippen LogP contribution in [-0.2, 0) is 4.79 Å². The van der Waals surface area contributed by atoms with Gasteiger partial charge in [0, 0.05) is 19.6 Å². The van der Waals surface area contributed by atoms with Crippen LogP contribution in [0.2, 0.25) is 0 Å². The third kappa shape index (κ3) is 4.58. The molecule has 1 heterocycles. The van der Waals surface area contributed by atoms with E-state index in [0.717, 1.165) is 0 Å². The van der Waals surface area contributed by atoms with Gasteiger partial charge in [-0.15, -0.1) is 0 Å². The lowest BCUT2D eigenvalue weighted by molar-refractivity contribution is -0.122. The maximum atomic E-state index is 11.5. The number of nitrogens with zero attached hydrogens (tertiary/aromatic N) is 1. The molecule has 4 nitrogen and oxygen atoms in total. The van der Waals surface area contributed by atoms with E-state index < -0.39 is 0 Å². The number of carbonyl (C=O) groups is 1. The fraction of sp³-hybridized carbons (Fsp3) is 0.929. The molecular formula is C14H29N3O. The van der Waals surface area contributed by atoms with Crippen molar-refractivity contribution in [2.75, 3.05) is 26.7 Å². The summed E-state index contributed by atoms with van der Waals surface area (Å²) in [7, 11) is 1.69. The zero-order chi connectivity index (χ0) is 13.5. The summed E-state index contributed by atoms with van der Waals surface area (Å²) in [6.07, 6.45) is 3.78. The Morgan fingerprint density at radius 1 is 1.44 bits per heavy atom. The standard InChI is InChI=1S/C14H29N3O/c1-5-8-17-9-6-7-13(10-17)11(2)16-12(3)14(18)15-4/h11-13,16H,5-10H2,1-4H3,(H,15,18). The summed E-state index contributed by atoms with van der Waals surface area (Å²) in [6.45, 7) is 9.99. The van der Waals surface area contributed by atoms with Crippen molar-refractivity contribution < 1.29 is 4.79 Å². The summed E-state index contributed by atoms with van der Waals surface area (Å²) in [6, 6.07) is 0.295. The van der Waals surface area contributed by atoms with Gasteiger partial charge in [0.25, 0.3) is 0 Å². The van der Waals surface area contributed by atoms with Crippen LogP contribution in [0.3, 0.4) is 0 Å². The number of rotatable bonds is 6. The van der Waals surface area contributed by atoms with Crippen LogP contribution in [0.5, 0.6) is 0 Å². The Morgan fingerprint density at radius 3 is 2.78 bits per heavy atom. The molecule has 4 heteroatoms. The molecule has 0 aromatic rings. The Bertz CT molecular complexity index is 255. The summed E-state index contributed by atoms with van der Waals surface area (Å²) in [5.41, 5.74) is 0. The minimum Gasteiger partial charge on any atom is -0.358 e. The van der Waals surface area contributed by atoms with E-state index in [1.54, 1.807) is 7.05 Å². The van der Waals surface area contributed by atoms with Gasteiger partial charge >= 0.3 is 0 Å². The second kappa shape index (κ2) is 7.74. The van der Waals surface area contributed by atoms with E-state index in [1.807, 2.05) is 6.92 Å². The highest BCUT2D eigenvalue weighted by molar-refractivity contribution is 5.80. The summed E-state index contributed by atoms with van der Waals surface area (Å²) in [5.74, 6) is 0.737. The molecule has 0 aliphatic carbocycles. The molecule has 3 atom stereocenters. The number of likely N-dealkylation sites (N-methyl/N-ethyl adjacent to an activating group) is 1. The van der Waals surface area contributed by atoms with Crippen molar-refractivity contribution in [1.29, 1.82) is 0 Å². The quantitative estimate of drug-likeness (QED) is 0.750. The van der Waals surface area contributed by atoms with Gasteiger partial charge in [-0.05, 0) is 52.1 Å². The first-order valence-corrected chi connectivity index (χ1v) is 7.28. The van der Waals surface area contributed by atoms with Crippen LogP contribution in [0.1, 0.15) is 40.0 Å². The van der Waals surface area contributed by atoms with E-state index in [2.05, 4.69) is 29.4 Å². The van der Waals surface area contributed by atoms with Crippen molar-refractivity contribution in [3.63, 3.8) is 0 Å². The Hall–Kier alpha value is -0.610. The fourth-order valence-corrected chi connectivity index (χ4v) is 2.84. The van der Waals surface area contributed by atoms with E-state index in [1.165, 1.54) is 38.9 Å².